The van der Waals surface area contributed by atoms with Gasteiger partial charge in [0.05, 0.1) is 5.57 Å². The summed E-state index contributed by atoms with van der Waals surface area (Å²) in [5.74, 6) is -1.70. The minimum Gasteiger partial charge on any atom is -0.806 e. The summed E-state index contributed by atoms with van der Waals surface area (Å²) in [5, 5.41) is 0. The molecule has 0 aliphatic heterocycles. The van der Waals surface area contributed by atoms with Gasteiger partial charge < -0.3 is 39.0 Å². The maximum Gasteiger partial charge on any atom is 1.00 e. The van der Waals surface area contributed by atoms with Crippen molar-refractivity contribution in [3.8, 4) is 0 Å². The van der Waals surface area contributed by atoms with E-state index in [-0.39, 0.29) is 63.4 Å². The van der Waals surface area contributed by atoms with Gasteiger partial charge in [0.2, 0.25) is 0 Å². The third-order valence-corrected chi connectivity index (χ3v) is 1.82. The fraction of sp³-hybridized carbons (Fsp3) is 0.667. The molecule has 8 heteroatoms. The zero-order valence-electron chi connectivity index (χ0n) is 13.4. The molecular formula is C12H18Na2O4S2. The first-order chi connectivity index (χ1) is 7.83. The Morgan fingerprint density at radius 2 is 1.00 bits per heavy atom. The molecule has 0 radical (unpaired) electrons. The van der Waals surface area contributed by atoms with Crippen LogP contribution in [-0.4, -0.2) is 23.1 Å². The number of carbonyl (C=O) groups is 2. The summed E-state index contributed by atoms with van der Waals surface area (Å²) in [4.78, 5) is 23.6. The van der Waals surface area contributed by atoms with Crippen LogP contribution >= 0.6 is 0 Å². The van der Waals surface area contributed by atoms with Crippen molar-refractivity contribution in [1.29, 1.82) is 0 Å². The van der Waals surface area contributed by atoms with Crippen LogP contribution in [-0.2, 0) is 44.3 Å². The molecule has 0 rings (SSSR count). The van der Waals surface area contributed by atoms with Crippen molar-refractivity contribution < 1.29 is 78.2 Å². The molecule has 0 heterocycles. The van der Waals surface area contributed by atoms with Gasteiger partial charge in [-0.05, 0) is 41.5 Å². The molecule has 0 aromatic heterocycles. The summed E-state index contributed by atoms with van der Waals surface area (Å²) in [6.07, 6.45) is 0. The summed E-state index contributed by atoms with van der Waals surface area (Å²) in [7, 11) is 0. The first-order valence-electron chi connectivity index (χ1n) is 5.38. The van der Waals surface area contributed by atoms with Gasteiger partial charge in [0.25, 0.3) is 0 Å². The number of ether oxygens (including phenoxy) is 2. The number of rotatable bonds is 2. The van der Waals surface area contributed by atoms with Crippen LogP contribution in [0.25, 0.3) is 0 Å². The smallest absolute Gasteiger partial charge is 0.806 e. The van der Waals surface area contributed by atoms with E-state index in [0.29, 0.717) is 0 Å². The average Bonchev–Trinajstić information content (AvgIpc) is 1.93. The van der Waals surface area contributed by atoms with Crippen molar-refractivity contribution in [1.82, 2.24) is 0 Å². The molecule has 0 aromatic carbocycles. The molecule has 0 bridgehead atoms. The van der Waals surface area contributed by atoms with E-state index in [1.54, 1.807) is 41.5 Å². The van der Waals surface area contributed by atoms with Gasteiger partial charge in [-0.15, -0.1) is 0 Å². The first-order valence-corrected chi connectivity index (χ1v) is 6.20. The predicted octanol–water partition coefficient (Wildman–Crippen LogP) is -4.02. The predicted molar refractivity (Wildman–Crippen MR) is 73.4 cm³/mol. The van der Waals surface area contributed by atoms with Gasteiger partial charge in [0.1, 0.15) is 11.2 Å². The maximum atomic E-state index is 11.8. The molecule has 20 heavy (non-hydrogen) atoms. The summed E-state index contributed by atoms with van der Waals surface area (Å²) < 4.78 is 9.88. The Balaban J connectivity index is -0.00000144. The van der Waals surface area contributed by atoms with Crippen LogP contribution < -0.4 is 59.1 Å². The van der Waals surface area contributed by atoms with Gasteiger partial charge in [-0.1, -0.05) is 0 Å². The molecule has 0 aliphatic rings. The molecular weight excluding hydrogens is 318 g/mol. The van der Waals surface area contributed by atoms with Crippen molar-refractivity contribution in [2.24, 2.45) is 0 Å². The van der Waals surface area contributed by atoms with Crippen LogP contribution in [0.2, 0.25) is 0 Å². The molecule has 0 saturated carbocycles. The van der Waals surface area contributed by atoms with E-state index in [2.05, 4.69) is 0 Å². The second-order valence-electron chi connectivity index (χ2n) is 5.67. The molecule has 0 saturated heterocycles. The third kappa shape index (κ3) is 11.7. The second-order valence-corrected chi connectivity index (χ2v) is 6.74. The summed E-state index contributed by atoms with van der Waals surface area (Å²) in [5.41, 5.74) is -1.86. The number of hydrogen-bond donors (Lipinski definition) is 0. The van der Waals surface area contributed by atoms with Crippen LogP contribution in [0.4, 0.5) is 0 Å². The van der Waals surface area contributed by atoms with E-state index in [4.69, 9.17) is 34.7 Å². The Labute approximate surface area is 176 Å². The van der Waals surface area contributed by atoms with Gasteiger partial charge in [-0.2, -0.15) is 0 Å². The molecule has 0 fully saturated rings. The standard InChI is InChI=1S/C12H20O4S2.2Na/c1-11(2,3)15-8(13)7(10(17)18)9(14)16-12(4,5)6;;/h17-18H,1-6H3;;/q;2*+1/p-2. The quantitative estimate of drug-likeness (QED) is 0.128. The molecule has 0 aliphatic carbocycles. The van der Waals surface area contributed by atoms with Crippen molar-refractivity contribution in [3.05, 3.63) is 9.81 Å². The van der Waals surface area contributed by atoms with Crippen LogP contribution in [0.15, 0.2) is 9.81 Å². The molecule has 0 atom stereocenters. The number of carbonyl (C=O) groups excluding carboxylic acids is 2. The monoisotopic (exact) mass is 336 g/mol. The Morgan fingerprint density at radius 3 is 1.15 bits per heavy atom. The molecule has 0 amide bonds. The Kier molecular flexibility index (Phi) is 13.0. The summed E-state index contributed by atoms with van der Waals surface area (Å²) in [6.45, 7) is 10.1. The molecule has 4 nitrogen and oxygen atoms in total. The third-order valence-electron chi connectivity index (χ3n) is 1.41. The second kappa shape index (κ2) is 10.0. The minimum absolute atomic E-state index is 0. The van der Waals surface area contributed by atoms with Crippen molar-refractivity contribution >= 4 is 37.2 Å². The van der Waals surface area contributed by atoms with E-state index in [1.807, 2.05) is 0 Å². The van der Waals surface area contributed by atoms with Crippen molar-refractivity contribution in [2.75, 3.05) is 0 Å². The zero-order chi connectivity index (χ0) is 14.7. The minimum atomic E-state index is -0.850. The SMILES string of the molecule is CC(C)(C)OC(=O)C(C(=O)OC(C)(C)C)=C([S-])[S-].[Na+].[Na+]. The molecule has 0 aromatic rings. The molecule has 0 unspecified atom stereocenters. The van der Waals surface area contributed by atoms with Gasteiger partial charge in [0.15, 0.2) is 0 Å². The fourth-order valence-electron chi connectivity index (χ4n) is 0.908. The zero-order valence-corrected chi connectivity index (χ0v) is 19.1. The molecule has 0 spiro atoms. The van der Waals surface area contributed by atoms with Crippen molar-refractivity contribution in [2.45, 2.75) is 52.7 Å². The normalized spacial score (nSPS) is 10.5. The van der Waals surface area contributed by atoms with Crippen LogP contribution in [0.3, 0.4) is 0 Å². The Hall–Kier alpha value is 1.12. The summed E-state index contributed by atoms with van der Waals surface area (Å²) in [6, 6.07) is 0. The van der Waals surface area contributed by atoms with E-state index >= 15 is 0 Å². The summed E-state index contributed by atoms with van der Waals surface area (Å²) >= 11 is 9.45. The van der Waals surface area contributed by atoms with Gasteiger partial charge in [0, 0.05) is 0 Å². The Morgan fingerprint density at radius 1 is 0.750 bits per heavy atom. The topological polar surface area (TPSA) is 52.6 Å². The van der Waals surface area contributed by atoms with Gasteiger partial charge in [-0.3, -0.25) is 0 Å². The number of hydrogen-bond acceptors (Lipinski definition) is 6. The van der Waals surface area contributed by atoms with Crippen LogP contribution in [0.5, 0.6) is 0 Å². The number of esters is 2. The van der Waals surface area contributed by atoms with Gasteiger partial charge in [-0.25, -0.2) is 9.59 Å². The molecule has 0 N–H and O–H groups in total. The largest absolute Gasteiger partial charge is 1.00 e. The van der Waals surface area contributed by atoms with E-state index in [1.165, 1.54) is 0 Å². The van der Waals surface area contributed by atoms with E-state index in [9.17, 15) is 9.59 Å². The van der Waals surface area contributed by atoms with E-state index in [0.717, 1.165) is 0 Å². The van der Waals surface area contributed by atoms with Crippen LogP contribution in [0, 0.1) is 0 Å². The van der Waals surface area contributed by atoms with Crippen molar-refractivity contribution in [3.63, 3.8) is 0 Å². The van der Waals surface area contributed by atoms with Gasteiger partial charge >= 0.3 is 71.1 Å². The Bertz CT molecular complexity index is 348. The fourth-order valence-corrected chi connectivity index (χ4v) is 1.24. The van der Waals surface area contributed by atoms with E-state index < -0.39 is 28.7 Å². The maximum absolute atomic E-state index is 11.8. The average molecular weight is 336 g/mol. The first kappa shape index (κ1) is 26.0. The van der Waals surface area contributed by atoms with Crippen LogP contribution in [0.1, 0.15) is 41.5 Å². The molecule has 104 valence electrons.